The van der Waals surface area contributed by atoms with Gasteiger partial charge in [-0.1, -0.05) is 35.9 Å². The number of rotatable bonds is 6. The van der Waals surface area contributed by atoms with Crippen LogP contribution >= 0.6 is 11.6 Å². The summed E-state index contributed by atoms with van der Waals surface area (Å²) in [5, 5.41) is 15.5. The van der Waals surface area contributed by atoms with Crippen LogP contribution in [0.25, 0.3) is 10.8 Å². The molecule has 1 N–H and O–H groups in total. The lowest BCUT2D eigenvalue weighted by atomic mass is 10.0. The molecule has 1 saturated heterocycles. The highest BCUT2D eigenvalue weighted by Gasteiger charge is 2.28. The van der Waals surface area contributed by atoms with Gasteiger partial charge in [0.15, 0.2) is 0 Å². The minimum atomic E-state index is 0.344. The largest absolute Gasteiger partial charge is 0.462 e. The molecule has 0 amide bonds. The highest BCUT2D eigenvalue weighted by molar-refractivity contribution is 6.36. The third-order valence-electron chi connectivity index (χ3n) is 7.83. The molecule has 3 aromatic rings. The van der Waals surface area contributed by atoms with Gasteiger partial charge in [-0.25, -0.2) is 0 Å². The number of aromatic nitrogens is 2. The number of ether oxygens (including phenoxy) is 1. The Kier molecular flexibility index (Phi) is 6.96. The van der Waals surface area contributed by atoms with E-state index in [1.165, 1.54) is 6.42 Å². The van der Waals surface area contributed by atoms with E-state index in [1.54, 1.807) is 0 Å². The Bertz CT molecular complexity index is 1410. The van der Waals surface area contributed by atoms with Gasteiger partial charge in [0.1, 0.15) is 12.4 Å². The van der Waals surface area contributed by atoms with Gasteiger partial charge in [-0.2, -0.15) is 15.2 Å². The number of benzene rings is 2. The number of fused-ring (bicyclic) bond motifs is 2. The van der Waals surface area contributed by atoms with Gasteiger partial charge in [0.05, 0.1) is 29.8 Å². The van der Waals surface area contributed by atoms with Crippen molar-refractivity contribution in [1.82, 2.24) is 20.2 Å². The molecule has 0 unspecified atom stereocenters. The van der Waals surface area contributed by atoms with E-state index in [9.17, 15) is 5.26 Å². The SMILES string of the molecule is CN1CCC[C@H]1COc1nc2c(c(N3C=C(CC#N)NCC3)n1)CCN(c1cccc3cccc(Cl)c13)C2. The first kappa shape index (κ1) is 24.8. The van der Waals surface area contributed by atoms with Crippen LogP contribution in [0.15, 0.2) is 48.3 Å². The van der Waals surface area contributed by atoms with Crippen LogP contribution in [0.3, 0.4) is 0 Å². The minimum absolute atomic E-state index is 0.344. The van der Waals surface area contributed by atoms with E-state index < -0.39 is 0 Å². The Labute approximate surface area is 228 Å². The molecular formula is C29H32ClN7O. The zero-order valence-electron chi connectivity index (χ0n) is 21.7. The zero-order valence-corrected chi connectivity index (χ0v) is 22.4. The Morgan fingerprint density at radius 2 is 2.03 bits per heavy atom. The summed E-state index contributed by atoms with van der Waals surface area (Å²) in [4.78, 5) is 16.7. The Morgan fingerprint density at radius 3 is 2.84 bits per heavy atom. The van der Waals surface area contributed by atoms with Crippen molar-refractivity contribution in [2.45, 2.75) is 38.3 Å². The van der Waals surface area contributed by atoms with Crippen LogP contribution in [-0.2, 0) is 13.0 Å². The van der Waals surface area contributed by atoms with E-state index in [-0.39, 0.29) is 0 Å². The van der Waals surface area contributed by atoms with Crippen LogP contribution < -0.4 is 19.9 Å². The fraction of sp³-hybridized carbons (Fsp3) is 0.414. The van der Waals surface area contributed by atoms with E-state index in [1.807, 2.05) is 18.3 Å². The molecule has 8 nitrogen and oxygen atoms in total. The zero-order chi connectivity index (χ0) is 26.1. The number of likely N-dealkylation sites (tertiary alicyclic amines) is 1. The lowest BCUT2D eigenvalue weighted by molar-refractivity contribution is 0.187. The van der Waals surface area contributed by atoms with Gasteiger partial charge in [-0.3, -0.25) is 0 Å². The van der Waals surface area contributed by atoms with E-state index in [0.717, 1.165) is 83.3 Å². The third kappa shape index (κ3) is 4.84. The van der Waals surface area contributed by atoms with Gasteiger partial charge < -0.3 is 24.8 Å². The molecule has 4 heterocycles. The molecule has 0 aliphatic carbocycles. The number of likely N-dealkylation sites (N-methyl/N-ethyl adjacent to an activating group) is 1. The molecule has 2 aromatic carbocycles. The summed E-state index contributed by atoms with van der Waals surface area (Å²) in [6.07, 6.45) is 5.48. The van der Waals surface area contributed by atoms with Gasteiger partial charge in [0.25, 0.3) is 0 Å². The van der Waals surface area contributed by atoms with Crippen molar-refractivity contribution in [3.05, 3.63) is 64.6 Å². The lowest BCUT2D eigenvalue weighted by Gasteiger charge is -2.34. The van der Waals surface area contributed by atoms with E-state index in [2.05, 4.69) is 57.4 Å². The number of anilines is 2. The van der Waals surface area contributed by atoms with Crippen molar-refractivity contribution in [3.63, 3.8) is 0 Å². The Balaban J connectivity index is 1.36. The topological polar surface area (TPSA) is 80.5 Å². The van der Waals surface area contributed by atoms with Gasteiger partial charge >= 0.3 is 6.01 Å². The first-order valence-corrected chi connectivity index (χ1v) is 13.7. The number of nitriles is 1. The standard InChI is InChI=1S/C29H32ClN7O/c1-35-14-4-7-22(35)19-38-29-33-25-18-36(26-9-3-6-20-5-2-8-24(30)27(20)26)15-11-23(25)28(34-29)37-16-13-32-21(17-37)10-12-31/h2-3,5-6,8-9,17,22,32H,4,7,10-11,13-16,18-19H2,1H3/t22-/m0/s1. The molecule has 0 bridgehead atoms. The van der Waals surface area contributed by atoms with E-state index in [4.69, 9.17) is 26.3 Å². The van der Waals surface area contributed by atoms with Crippen molar-refractivity contribution in [2.24, 2.45) is 0 Å². The monoisotopic (exact) mass is 529 g/mol. The number of nitrogens with zero attached hydrogens (tertiary/aromatic N) is 6. The van der Waals surface area contributed by atoms with Gasteiger partial charge in [-0.15, -0.1) is 0 Å². The molecule has 1 aromatic heterocycles. The minimum Gasteiger partial charge on any atom is -0.462 e. The highest BCUT2D eigenvalue weighted by atomic mass is 35.5. The molecule has 0 saturated carbocycles. The molecular weight excluding hydrogens is 498 g/mol. The maximum Gasteiger partial charge on any atom is 0.318 e. The fourth-order valence-electron chi connectivity index (χ4n) is 5.79. The summed E-state index contributed by atoms with van der Waals surface area (Å²) in [5.74, 6) is 0.886. The maximum absolute atomic E-state index is 9.23. The van der Waals surface area contributed by atoms with Crippen molar-refractivity contribution >= 4 is 33.9 Å². The van der Waals surface area contributed by atoms with Crippen molar-refractivity contribution in [1.29, 1.82) is 5.26 Å². The quantitative estimate of drug-likeness (QED) is 0.500. The first-order chi connectivity index (χ1) is 18.6. The molecule has 3 aliphatic rings. The van der Waals surface area contributed by atoms with Crippen LogP contribution in [0, 0.1) is 11.3 Å². The molecule has 3 aliphatic heterocycles. The van der Waals surface area contributed by atoms with Crippen LogP contribution in [0.5, 0.6) is 6.01 Å². The lowest BCUT2D eigenvalue weighted by Crippen LogP contribution is -2.38. The van der Waals surface area contributed by atoms with Crippen LogP contribution in [0.4, 0.5) is 11.5 Å². The molecule has 0 spiro atoms. The fourth-order valence-corrected chi connectivity index (χ4v) is 6.07. The summed E-state index contributed by atoms with van der Waals surface area (Å²) in [5.41, 5.74) is 4.15. The summed E-state index contributed by atoms with van der Waals surface area (Å²) in [6, 6.07) is 15.4. The van der Waals surface area contributed by atoms with E-state index >= 15 is 0 Å². The van der Waals surface area contributed by atoms with E-state index in [0.29, 0.717) is 31.6 Å². The molecule has 1 fully saturated rings. The summed E-state index contributed by atoms with van der Waals surface area (Å²) >= 11 is 6.67. The predicted molar refractivity (Wildman–Crippen MR) is 151 cm³/mol. The smallest absolute Gasteiger partial charge is 0.318 e. The van der Waals surface area contributed by atoms with Crippen LogP contribution in [0.1, 0.15) is 30.5 Å². The van der Waals surface area contributed by atoms with Crippen molar-refractivity contribution in [2.75, 3.05) is 49.6 Å². The van der Waals surface area contributed by atoms with Gasteiger partial charge in [0.2, 0.25) is 0 Å². The molecule has 0 radical (unpaired) electrons. The summed E-state index contributed by atoms with van der Waals surface area (Å²) < 4.78 is 6.24. The summed E-state index contributed by atoms with van der Waals surface area (Å²) in [6.45, 7) is 4.69. The van der Waals surface area contributed by atoms with Crippen molar-refractivity contribution < 1.29 is 4.74 Å². The number of allylic oxidation sites excluding steroid dienone is 1. The number of hydrogen-bond acceptors (Lipinski definition) is 8. The normalized spacial score (nSPS) is 19.6. The molecule has 196 valence electrons. The molecule has 9 heteroatoms. The van der Waals surface area contributed by atoms with Gasteiger partial charge in [0, 0.05) is 54.2 Å². The first-order valence-electron chi connectivity index (χ1n) is 13.3. The van der Waals surface area contributed by atoms with Gasteiger partial charge in [-0.05, 0) is 50.4 Å². The second-order valence-corrected chi connectivity index (χ2v) is 10.6. The number of nitrogens with one attached hydrogen (secondary N) is 1. The van der Waals surface area contributed by atoms with Crippen LogP contribution in [-0.4, -0.2) is 60.7 Å². The highest BCUT2D eigenvalue weighted by Crippen LogP contribution is 2.37. The third-order valence-corrected chi connectivity index (χ3v) is 8.14. The average Bonchev–Trinajstić information content (AvgIpc) is 3.35. The van der Waals surface area contributed by atoms with Crippen LogP contribution in [0.2, 0.25) is 5.02 Å². The second-order valence-electron chi connectivity index (χ2n) is 10.2. The average molecular weight is 530 g/mol. The molecule has 38 heavy (non-hydrogen) atoms. The Morgan fingerprint density at radius 1 is 1.16 bits per heavy atom. The summed E-state index contributed by atoms with van der Waals surface area (Å²) in [7, 11) is 2.15. The maximum atomic E-state index is 9.23. The molecule has 1 atom stereocenters. The number of halogens is 1. The molecule has 6 rings (SSSR count). The Hall–Kier alpha value is -3.54. The predicted octanol–water partition coefficient (Wildman–Crippen LogP) is 4.48. The van der Waals surface area contributed by atoms with Crippen molar-refractivity contribution in [3.8, 4) is 12.1 Å². The number of hydrogen-bond donors (Lipinski definition) is 1. The second kappa shape index (κ2) is 10.7.